The molecule has 0 saturated heterocycles. The zero-order valence-corrected chi connectivity index (χ0v) is 14.3. The average molecular weight is 351 g/mol. The molecular formula is C19H20F3NO2. The molecule has 1 atom stereocenters. The van der Waals surface area contributed by atoms with Gasteiger partial charge in [-0.1, -0.05) is 36.4 Å². The SMILES string of the molecule is CON(C(=O)c1ccccc1C(F)(F)F)[C@@H](C)Cc1ccccc1C. The number of carbonyl (C=O) groups excluding carboxylic acids is 1. The molecule has 25 heavy (non-hydrogen) atoms. The van der Waals surface area contributed by atoms with Crippen molar-refractivity contribution in [2.75, 3.05) is 7.11 Å². The summed E-state index contributed by atoms with van der Waals surface area (Å²) < 4.78 is 39.5. The smallest absolute Gasteiger partial charge is 0.274 e. The van der Waals surface area contributed by atoms with E-state index in [0.717, 1.165) is 28.3 Å². The summed E-state index contributed by atoms with van der Waals surface area (Å²) in [6, 6.07) is 11.9. The van der Waals surface area contributed by atoms with Crippen LogP contribution in [0.4, 0.5) is 13.2 Å². The molecule has 0 radical (unpaired) electrons. The summed E-state index contributed by atoms with van der Waals surface area (Å²) in [5.74, 6) is -0.809. The first kappa shape index (κ1) is 19.0. The lowest BCUT2D eigenvalue weighted by molar-refractivity contribution is -0.140. The Morgan fingerprint density at radius 3 is 2.32 bits per heavy atom. The van der Waals surface area contributed by atoms with Gasteiger partial charge in [0.25, 0.3) is 5.91 Å². The summed E-state index contributed by atoms with van der Waals surface area (Å²) in [6.07, 6.45) is -4.13. The number of benzene rings is 2. The molecule has 0 aliphatic heterocycles. The molecule has 0 saturated carbocycles. The lowest BCUT2D eigenvalue weighted by atomic mass is 10.0. The number of halogens is 3. The van der Waals surface area contributed by atoms with Crippen LogP contribution in [-0.2, 0) is 17.4 Å². The van der Waals surface area contributed by atoms with E-state index in [0.29, 0.717) is 6.42 Å². The number of nitrogens with zero attached hydrogens (tertiary/aromatic N) is 1. The van der Waals surface area contributed by atoms with Gasteiger partial charge >= 0.3 is 6.18 Å². The number of alkyl halides is 3. The first-order valence-electron chi connectivity index (χ1n) is 7.84. The third kappa shape index (κ3) is 4.39. The lowest BCUT2D eigenvalue weighted by Gasteiger charge is -2.28. The minimum atomic E-state index is -4.61. The molecule has 2 rings (SSSR count). The van der Waals surface area contributed by atoms with Gasteiger partial charge in [0.05, 0.1) is 24.3 Å². The number of amides is 1. The molecule has 0 aromatic heterocycles. The van der Waals surface area contributed by atoms with Crippen LogP contribution in [-0.4, -0.2) is 24.1 Å². The summed E-state index contributed by atoms with van der Waals surface area (Å²) in [5, 5.41) is 0.997. The van der Waals surface area contributed by atoms with Crippen LogP contribution in [0.25, 0.3) is 0 Å². The molecule has 0 heterocycles. The predicted octanol–water partition coefficient (Wildman–Crippen LogP) is 4.65. The molecule has 3 nitrogen and oxygen atoms in total. The van der Waals surface area contributed by atoms with E-state index in [4.69, 9.17) is 4.84 Å². The molecule has 2 aromatic rings. The van der Waals surface area contributed by atoms with E-state index < -0.39 is 29.3 Å². The van der Waals surface area contributed by atoms with Crippen molar-refractivity contribution >= 4 is 5.91 Å². The van der Waals surface area contributed by atoms with Crippen LogP contribution < -0.4 is 0 Å². The molecule has 0 unspecified atom stereocenters. The second-order valence-corrected chi connectivity index (χ2v) is 5.84. The first-order valence-corrected chi connectivity index (χ1v) is 7.84. The zero-order chi connectivity index (χ0) is 18.6. The summed E-state index contributed by atoms with van der Waals surface area (Å²) >= 11 is 0. The molecule has 0 aliphatic carbocycles. The van der Waals surface area contributed by atoms with Crippen LogP contribution in [0.3, 0.4) is 0 Å². The van der Waals surface area contributed by atoms with E-state index in [1.165, 1.54) is 19.2 Å². The minimum absolute atomic E-state index is 0.423. The maximum Gasteiger partial charge on any atom is 0.417 e. The van der Waals surface area contributed by atoms with Gasteiger partial charge in [0, 0.05) is 0 Å². The number of hydrogen-bond acceptors (Lipinski definition) is 2. The van der Waals surface area contributed by atoms with E-state index in [2.05, 4.69) is 0 Å². The van der Waals surface area contributed by atoms with Crippen LogP contribution in [0.2, 0.25) is 0 Å². The van der Waals surface area contributed by atoms with E-state index in [9.17, 15) is 18.0 Å². The average Bonchev–Trinajstić information content (AvgIpc) is 2.56. The monoisotopic (exact) mass is 351 g/mol. The fraction of sp³-hybridized carbons (Fsp3) is 0.316. The van der Waals surface area contributed by atoms with Gasteiger partial charge in [-0.15, -0.1) is 0 Å². The summed E-state index contributed by atoms with van der Waals surface area (Å²) in [5.41, 5.74) is 0.668. The minimum Gasteiger partial charge on any atom is -0.274 e. The highest BCUT2D eigenvalue weighted by Crippen LogP contribution is 2.32. The summed E-state index contributed by atoms with van der Waals surface area (Å²) in [6.45, 7) is 3.68. The van der Waals surface area contributed by atoms with Crippen molar-refractivity contribution < 1.29 is 22.8 Å². The van der Waals surface area contributed by atoms with E-state index in [-0.39, 0.29) is 0 Å². The Morgan fingerprint density at radius 2 is 1.72 bits per heavy atom. The van der Waals surface area contributed by atoms with Gasteiger partial charge in [0.2, 0.25) is 0 Å². The third-order valence-corrected chi connectivity index (χ3v) is 4.04. The molecular weight excluding hydrogens is 331 g/mol. The fourth-order valence-corrected chi connectivity index (χ4v) is 2.74. The number of carbonyl (C=O) groups is 1. The maximum absolute atomic E-state index is 13.2. The Balaban J connectivity index is 2.29. The fourth-order valence-electron chi connectivity index (χ4n) is 2.74. The number of hydroxylamine groups is 2. The molecule has 0 spiro atoms. The molecule has 0 N–H and O–H groups in total. The van der Waals surface area contributed by atoms with Gasteiger partial charge < -0.3 is 0 Å². The summed E-state index contributed by atoms with van der Waals surface area (Å²) in [4.78, 5) is 17.8. The van der Waals surface area contributed by atoms with Crippen LogP contribution in [0.15, 0.2) is 48.5 Å². The second kappa shape index (κ2) is 7.70. The highest BCUT2D eigenvalue weighted by atomic mass is 19.4. The van der Waals surface area contributed by atoms with Crippen molar-refractivity contribution in [2.24, 2.45) is 0 Å². The molecule has 0 bridgehead atoms. The lowest BCUT2D eigenvalue weighted by Crippen LogP contribution is -2.40. The number of aryl methyl sites for hydroxylation is 1. The molecule has 6 heteroatoms. The molecule has 1 amide bonds. The van der Waals surface area contributed by atoms with Crippen LogP contribution in [0.1, 0.15) is 34.0 Å². The molecule has 0 fully saturated rings. The largest absolute Gasteiger partial charge is 0.417 e. The Bertz CT molecular complexity index is 743. The second-order valence-electron chi connectivity index (χ2n) is 5.84. The highest BCUT2D eigenvalue weighted by molar-refractivity contribution is 5.95. The summed E-state index contributed by atoms with van der Waals surface area (Å²) in [7, 11) is 1.28. The van der Waals surface area contributed by atoms with Crippen molar-refractivity contribution in [1.82, 2.24) is 5.06 Å². The Morgan fingerprint density at radius 1 is 1.12 bits per heavy atom. The topological polar surface area (TPSA) is 29.5 Å². The standard InChI is InChI=1S/C19H20F3NO2/c1-13-8-4-5-9-15(13)12-14(2)23(25-3)18(24)16-10-6-7-11-17(16)19(20,21)22/h4-11,14H,12H2,1-3H3/t14-/m0/s1. The van der Waals surface area contributed by atoms with Crippen molar-refractivity contribution in [3.63, 3.8) is 0 Å². The Labute approximate surface area is 145 Å². The molecule has 2 aromatic carbocycles. The van der Waals surface area contributed by atoms with Gasteiger partial charge in [-0.3, -0.25) is 9.63 Å². The normalized spacial score (nSPS) is 12.7. The zero-order valence-electron chi connectivity index (χ0n) is 14.3. The van der Waals surface area contributed by atoms with Crippen LogP contribution in [0.5, 0.6) is 0 Å². The number of rotatable bonds is 5. The van der Waals surface area contributed by atoms with E-state index in [1.807, 2.05) is 31.2 Å². The first-order chi connectivity index (χ1) is 11.8. The van der Waals surface area contributed by atoms with Gasteiger partial charge in [0.15, 0.2) is 0 Å². The third-order valence-electron chi connectivity index (χ3n) is 4.04. The Kier molecular flexibility index (Phi) is 5.85. The van der Waals surface area contributed by atoms with Gasteiger partial charge in [-0.2, -0.15) is 13.2 Å². The van der Waals surface area contributed by atoms with Gasteiger partial charge in [-0.25, -0.2) is 5.06 Å². The van der Waals surface area contributed by atoms with E-state index >= 15 is 0 Å². The van der Waals surface area contributed by atoms with Gasteiger partial charge in [0.1, 0.15) is 0 Å². The maximum atomic E-state index is 13.2. The van der Waals surface area contributed by atoms with Crippen molar-refractivity contribution in [2.45, 2.75) is 32.5 Å². The van der Waals surface area contributed by atoms with Crippen LogP contribution >= 0.6 is 0 Å². The van der Waals surface area contributed by atoms with Crippen molar-refractivity contribution in [3.8, 4) is 0 Å². The van der Waals surface area contributed by atoms with Crippen molar-refractivity contribution in [3.05, 3.63) is 70.8 Å². The van der Waals surface area contributed by atoms with Gasteiger partial charge in [-0.05, 0) is 43.5 Å². The molecule has 0 aliphatic rings. The van der Waals surface area contributed by atoms with Crippen molar-refractivity contribution in [1.29, 1.82) is 0 Å². The predicted molar refractivity (Wildman–Crippen MR) is 89.0 cm³/mol. The highest BCUT2D eigenvalue weighted by Gasteiger charge is 2.36. The Hall–Kier alpha value is -2.34. The van der Waals surface area contributed by atoms with E-state index in [1.54, 1.807) is 6.92 Å². The number of hydrogen-bond donors (Lipinski definition) is 0. The van der Waals surface area contributed by atoms with Crippen LogP contribution in [0, 0.1) is 6.92 Å². The quantitative estimate of drug-likeness (QED) is 0.734. The molecule has 134 valence electrons.